The molecule has 0 radical (unpaired) electrons. The molecule has 1 aliphatic rings. The zero-order chi connectivity index (χ0) is 15.4. The molecule has 2 rings (SSSR count). The maximum absolute atomic E-state index is 12.6. The lowest BCUT2D eigenvalue weighted by Crippen LogP contribution is -2.43. The highest BCUT2D eigenvalue weighted by atomic mass is 79.9. The molecule has 1 amide bonds. The van der Waals surface area contributed by atoms with E-state index in [-0.39, 0.29) is 11.8 Å². The zero-order valence-corrected chi connectivity index (χ0v) is 13.7. The molecule has 4 nitrogen and oxygen atoms in total. The summed E-state index contributed by atoms with van der Waals surface area (Å²) in [7, 11) is 0. The van der Waals surface area contributed by atoms with Gasteiger partial charge in [0.05, 0.1) is 0 Å². The van der Waals surface area contributed by atoms with Gasteiger partial charge in [0, 0.05) is 16.9 Å². The molecule has 1 aromatic carbocycles. The molecule has 1 aromatic rings. The number of amides is 1. The lowest BCUT2D eigenvalue weighted by molar-refractivity contribution is -0.150. The van der Waals surface area contributed by atoms with Crippen molar-refractivity contribution in [3.05, 3.63) is 34.3 Å². The first kappa shape index (κ1) is 16.0. The van der Waals surface area contributed by atoms with Gasteiger partial charge in [0.15, 0.2) is 0 Å². The number of benzene rings is 1. The first-order valence-corrected chi connectivity index (χ1v) is 8.10. The van der Waals surface area contributed by atoms with Gasteiger partial charge in [-0.15, -0.1) is 0 Å². The third-order valence-corrected chi connectivity index (χ3v) is 4.53. The summed E-state index contributed by atoms with van der Waals surface area (Å²) >= 11 is 3.43. The molecule has 1 heterocycles. The summed E-state index contributed by atoms with van der Waals surface area (Å²) in [5.41, 5.74) is 1.09. The molecule has 0 aromatic heterocycles. The molecule has 5 heteroatoms. The van der Waals surface area contributed by atoms with Crippen LogP contribution < -0.4 is 0 Å². The van der Waals surface area contributed by atoms with Crippen molar-refractivity contribution in [1.82, 2.24) is 4.90 Å². The number of carboxylic acids is 1. The van der Waals surface area contributed by atoms with Gasteiger partial charge < -0.3 is 10.0 Å². The van der Waals surface area contributed by atoms with E-state index in [9.17, 15) is 14.7 Å². The van der Waals surface area contributed by atoms with Crippen LogP contribution in [0, 0.1) is 5.92 Å². The van der Waals surface area contributed by atoms with Crippen molar-refractivity contribution < 1.29 is 14.7 Å². The lowest BCUT2D eigenvalue weighted by atomic mass is 9.95. The summed E-state index contributed by atoms with van der Waals surface area (Å²) in [6.07, 6.45) is 2.70. The van der Waals surface area contributed by atoms with Crippen molar-refractivity contribution in [2.45, 2.75) is 38.6 Å². The van der Waals surface area contributed by atoms with Gasteiger partial charge in [-0.25, -0.2) is 4.79 Å². The van der Waals surface area contributed by atoms with E-state index in [2.05, 4.69) is 15.9 Å². The summed E-state index contributed by atoms with van der Waals surface area (Å²) in [5.74, 6) is -1.07. The molecular formula is C16H20BrNO3. The normalized spacial score (nSPS) is 19.5. The first-order valence-electron chi connectivity index (χ1n) is 7.30. The van der Waals surface area contributed by atoms with E-state index in [0.717, 1.165) is 16.5 Å². The van der Waals surface area contributed by atoms with E-state index >= 15 is 0 Å². The van der Waals surface area contributed by atoms with Crippen LogP contribution in [0.25, 0.3) is 0 Å². The second kappa shape index (κ2) is 7.07. The topological polar surface area (TPSA) is 57.6 Å². The molecule has 0 bridgehead atoms. The number of nitrogens with zero attached hydrogens (tertiary/aromatic N) is 1. The number of hydrogen-bond acceptors (Lipinski definition) is 2. The van der Waals surface area contributed by atoms with Crippen LogP contribution in [0.2, 0.25) is 0 Å². The van der Waals surface area contributed by atoms with Gasteiger partial charge in [0.2, 0.25) is 5.91 Å². The smallest absolute Gasteiger partial charge is 0.326 e. The maximum atomic E-state index is 12.6. The highest BCUT2D eigenvalue weighted by molar-refractivity contribution is 9.10. The van der Waals surface area contributed by atoms with Crippen LogP contribution in [0.5, 0.6) is 0 Å². The van der Waals surface area contributed by atoms with Crippen LogP contribution in [-0.2, 0) is 16.0 Å². The number of carbonyl (C=O) groups excluding carboxylic acids is 1. The quantitative estimate of drug-likeness (QED) is 0.884. The van der Waals surface area contributed by atoms with Crippen LogP contribution >= 0.6 is 15.9 Å². The Kier molecular flexibility index (Phi) is 5.39. The molecule has 1 fully saturated rings. The highest BCUT2D eigenvalue weighted by Gasteiger charge is 2.36. The monoisotopic (exact) mass is 353 g/mol. The summed E-state index contributed by atoms with van der Waals surface area (Å²) in [6, 6.07) is 7.27. The van der Waals surface area contributed by atoms with Gasteiger partial charge in [-0.3, -0.25) is 4.79 Å². The molecule has 0 aliphatic carbocycles. The summed E-state index contributed by atoms with van der Waals surface area (Å²) in [5, 5.41) is 9.21. The van der Waals surface area contributed by atoms with Crippen molar-refractivity contribution in [3.63, 3.8) is 0 Å². The molecule has 1 N–H and O–H groups in total. The third-order valence-electron chi connectivity index (χ3n) is 4.03. The van der Waals surface area contributed by atoms with Crippen molar-refractivity contribution in [2.75, 3.05) is 6.54 Å². The number of aliphatic carboxylic acids is 1. The minimum absolute atomic E-state index is 0.0256. The van der Waals surface area contributed by atoms with Gasteiger partial charge in [0.25, 0.3) is 0 Å². The fraction of sp³-hybridized carbons (Fsp3) is 0.500. The molecule has 114 valence electrons. The van der Waals surface area contributed by atoms with Gasteiger partial charge in [0.1, 0.15) is 6.04 Å². The summed E-state index contributed by atoms with van der Waals surface area (Å²) < 4.78 is 0.992. The van der Waals surface area contributed by atoms with Gasteiger partial charge in [-0.2, -0.15) is 0 Å². The molecule has 0 spiro atoms. The number of hydrogen-bond donors (Lipinski definition) is 1. The lowest BCUT2D eigenvalue weighted by Gasteiger charge is -2.26. The van der Waals surface area contributed by atoms with Crippen molar-refractivity contribution in [3.8, 4) is 0 Å². The maximum Gasteiger partial charge on any atom is 0.326 e. The Bertz CT molecular complexity index is 532. The van der Waals surface area contributed by atoms with Crippen LogP contribution in [0.15, 0.2) is 28.7 Å². The van der Waals surface area contributed by atoms with Gasteiger partial charge >= 0.3 is 5.97 Å². The van der Waals surface area contributed by atoms with E-state index in [1.807, 2.05) is 31.2 Å². The summed E-state index contributed by atoms with van der Waals surface area (Å²) in [6.45, 7) is 2.54. The van der Waals surface area contributed by atoms with E-state index < -0.39 is 12.0 Å². The van der Waals surface area contributed by atoms with E-state index in [1.54, 1.807) is 4.90 Å². The average molecular weight is 354 g/mol. The van der Waals surface area contributed by atoms with E-state index in [1.165, 1.54) is 0 Å². The van der Waals surface area contributed by atoms with E-state index in [4.69, 9.17) is 0 Å². The predicted molar refractivity (Wildman–Crippen MR) is 84.0 cm³/mol. The van der Waals surface area contributed by atoms with Crippen molar-refractivity contribution in [1.29, 1.82) is 0 Å². The minimum atomic E-state index is -0.891. The Hall–Kier alpha value is -1.36. The number of likely N-dealkylation sites (tertiary alicyclic amines) is 1. The molecule has 1 saturated heterocycles. The van der Waals surface area contributed by atoms with Gasteiger partial charge in [-0.1, -0.05) is 35.0 Å². The Morgan fingerprint density at radius 2 is 2.24 bits per heavy atom. The van der Waals surface area contributed by atoms with Gasteiger partial charge in [-0.05, 0) is 43.4 Å². The Morgan fingerprint density at radius 3 is 2.86 bits per heavy atom. The molecular weight excluding hydrogens is 334 g/mol. The molecule has 1 aliphatic heterocycles. The van der Waals surface area contributed by atoms with Crippen molar-refractivity contribution >= 4 is 27.8 Å². The van der Waals surface area contributed by atoms with Crippen LogP contribution in [-0.4, -0.2) is 34.5 Å². The summed E-state index contributed by atoms with van der Waals surface area (Å²) in [4.78, 5) is 25.4. The van der Waals surface area contributed by atoms with E-state index in [0.29, 0.717) is 25.8 Å². The first-order chi connectivity index (χ1) is 10.0. The molecule has 21 heavy (non-hydrogen) atoms. The van der Waals surface area contributed by atoms with Crippen LogP contribution in [0.4, 0.5) is 0 Å². The third kappa shape index (κ3) is 3.84. The molecule has 0 saturated carbocycles. The van der Waals surface area contributed by atoms with Crippen LogP contribution in [0.3, 0.4) is 0 Å². The average Bonchev–Trinajstić information content (AvgIpc) is 2.93. The second-order valence-electron chi connectivity index (χ2n) is 5.47. The van der Waals surface area contributed by atoms with Crippen LogP contribution in [0.1, 0.15) is 31.7 Å². The van der Waals surface area contributed by atoms with Crippen molar-refractivity contribution in [2.24, 2.45) is 5.92 Å². The number of halogens is 1. The predicted octanol–water partition coefficient (Wildman–Crippen LogP) is 3.09. The minimum Gasteiger partial charge on any atom is -0.480 e. The standard InChI is InChI=1S/C16H20BrNO3/c1-2-12(9-11-5-3-6-13(17)10-11)15(19)18-8-4-7-14(18)16(20)21/h3,5-6,10,12,14H,2,4,7-9H2,1H3,(H,20,21)/t12?,14-/m0/s1. The zero-order valence-electron chi connectivity index (χ0n) is 12.1. The fourth-order valence-electron chi connectivity index (χ4n) is 2.88. The molecule has 1 unspecified atom stereocenters. The largest absolute Gasteiger partial charge is 0.480 e. The number of carbonyl (C=O) groups is 2. The SMILES string of the molecule is CCC(Cc1cccc(Br)c1)C(=O)N1CCC[C@H]1C(=O)O. The second-order valence-corrected chi connectivity index (χ2v) is 6.38. The highest BCUT2D eigenvalue weighted by Crippen LogP contribution is 2.24. The Labute approximate surface area is 133 Å². The number of rotatable bonds is 5. The Morgan fingerprint density at radius 1 is 1.48 bits per heavy atom. The fourth-order valence-corrected chi connectivity index (χ4v) is 3.32. The number of carboxylic acid groups (broad SMARTS) is 1. The molecule has 2 atom stereocenters. The Balaban J connectivity index is 2.10.